The Bertz CT molecular complexity index is 644. The summed E-state index contributed by atoms with van der Waals surface area (Å²) in [4.78, 5) is 0. The van der Waals surface area contributed by atoms with Crippen LogP contribution in [0.2, 0.25) is 0 Å². The molecule has 0 atom stereocenters. The van der Waals surface area contributed by atoms with E-state index in [1.54, 1.807) is 0 Å². The molecule has 0 unspecified atom stereocenters. The maximum absolute atomic E-state index is 2.40. The van der Waals surface area contributed by atoms with Crippen LogP contribution in [0.1, 0.15) is 20.8 Å². The van der Waals surface area contributed by atoms with E-state index >= 15 is 0 Å². The zero-order valence-electron chi connectivity index (χ0n) is 14.2. The SMILES string of the molecule is CC(C)(C)[PH](c1ccccc1)(c1ccccc1)c1ccccc1. The van der Waals surface area contributed by atoms with Crippen LogP contribution in [0.3, 0.4) is 0 Å². The monoisotopic (exact) mass is 320 g/mol. The molecule has 118 valence electrons. The van der Waals surface area contributed by atoms with Crippen molar-refractivity contribution in [3.05, 3.63) is 91.0 Å². The first kappa shape index (κ1) is 16.0. The van der Waals surface area contributed by atoms with E-state index in [0.29, 0.717) is 0 Å². The molecule has 0 amide bonds. The van der Waals surface area contributed by atoms with Crippen LogP contribution in [-0.2, 0) is 0 Å². The second kappa shape index (κ2) is 6.30. The molecular weight excluding hydrogens is 295 g/mol. The summed E-state index contributed by atoms with van der Waals surface area (Å²) in [7, 11) is -2.13. The van der Waals surface area contributed by atoms with Crippen molar-refractivity contribution in [1.29, 1.82) is 0 Å². The maximum atomic E-state index is 2.40. The van der Waals surface area contributed by atoms with Crippen LogP contribution < -0.4 is 15.9 Å². The first-order valence-corrected chi connectivity index (χ1v) is 10.2. The summed E-state index contributed by atoms with van der Waals surface area (Å²) >= 11 is 0. The van der Waals surface area contributed by atoms with Crippen molar-refractivity contribution in [3.63, 3.8) is 0 Å². The van der Waals surface area contributed by atoms with E-state index in [4.69, 9.17) is 0 Å². The molecule has 3 aromatic carbocycles. The van der Waals surface area contributed by atoms with E-state index in [-0.39, 0.29) is 5.16 Å². The van der Waals surface area contributed by atoms with Gasteiger partial charge < -0.3 is 0 Å². The molecule has 0 aliphatic rings. The summed E-state index contributed by atoms with van der Waals surface area (Å²) in [5, 5.41) is 4.59. The molecule has 0 saturated carbocycles. The third-order valence-electron chi connectivity index (χ3n) is 4.75. The van der Waals surface area contributed by atoms with Gasteiger partial charge in [0.15, 0.2) is 0 Å². The van der Waals surface area contributed by atoms with Gasteiger partial charge in [0.05, 0.1) is 0 Å². The van der Waals surface area contributed by atoms with Crippen molar-refractivity contribution < 1.29 is 0 Å². The van der Waals surface area contributed by atoms with Gasteiger partial charge in [-0.25, -0.2) is 0 Å². The van der Waals surface area contributed by atoms with E-state index in [1.807, 2.05) is 0 Å². The second-order valence-electron chi connectivity index (χ2n) is 7.10. The Morgan fingerprint density at radius 1 is 0.478 bits per heavy atom. The predicted molar refractivity (Wildman–Crippen MR) is 106 cm³/mol. The summed E-state index contributed by atoms with van der Waals surface area (Å²) in [6.07, 6.45) is 0. The van der Waals surface area contributed by atoms with Crippen LogP contribution in [0.15, 0.2) is 91.0 Å². The van der Waals surface area contributed by atoms with Crippen LogP contribution in [0.25, 0.3) is 0 Å². The van der Waals surface area contributed by atoms with Crippen molar-refractivity contribution in [3.8, 4) is 0 Å². The molecule has 0 radical (unpaired) electrons. The van der Waals surface area contributed by atoms with Gasteiger partial charge in [0.25, 0.3) is 0 Å². The normalized spacial score (nSPS) is 12.8. The molecule has 0 nitrogen and oxygen atoms in total. The number of rotatable bonds is 3. The second-order valence-corrected chi connectivity index (χ2v) is 11.8. The van der Waals surface area contributed by atoms with Crippen LogP contribution in [0.4, 0.5) is 0 Å². The van der Waals surface area contributed by atoms with Gasteiger partial charge in [0, 0.05) is 0 Å². The fourth-order valence-electron chi connectivity index (χ4n) is 3.86. The van der Waals surface area contributed by atoms with Crippen LogP contribution in [-0.4, -0.2) is 5.16 Å². The summed E-state index contributed by atoms with van der Waals surface area (Å²) in [6, 6.07) is 33.3. The number of benzene rings is 3. The molecule has 0 aromatic heterocycles. The zero-order chi connectivity index (χ0) is 16.3. The molecule has 0 bridgehead atoms. The Balaban J connectivity index is 2.41. The molecule has 1 heteroatoms. The third kappa shape index (κ3) is 2.73. The molecule has 0 N–H and O–H groups in total. The molecular formula is C22H25P. The fourth-order valence-corrected chi connectivity index (χ4v) is 9.54. The minimum atomic E-state index is -2.13. The van der Waals surface area contributed by atoms with E-state index in [1.165, 1.54) is 15.9 Å². The van der Waals surface area contributed by atoms with Gasteiger partial charge in [-0.3, -0.25) is 0 Å². The Hall–Kier alpha value is -1.91. The van der Waals surface area contributed by atoms with Crippen molar-refractivity contribution in [2.24, 2.45) is 0 Å². The molecule has 3 aromatic rings. The Kier molecular flexibility index (Phi) is 4.37. The summed E-state index contributed by atoms with van der Waals surface area (Å²) in [5.41, 5.74) is 0. The molecule has 0 spiro atoms. The van der Waals surface area contributed by atoms with Crippen molar-refractivity contribution in [2.45, 2.75) is 25.9 Å². The standard InChI is InChI=1S/C22H25P/c1-22(2,3)23(19-13-7-4-8-14-19,20-15-9-5-10-16-20)21-17-11-6-12-18-21/h4-18,23H,1-3H3. The van der Waals surface area contributed by atoms with Crippen molar-refractivity contribution >= 4 is 23.2 Å². The van der Waals surface area contributed by atoms with Gasteiger partial charge in [0.1, 0.15) is 0 Å². The van der Waals surface area contributed by atoms with Crippen LogP contribution in [0.5, 0.6) is 0 Å². The molecule has 0 aliphatic carbocycles. The van der Waals surface area contributed by atoms with Crippen LogP contribution in [0, 0.1) is 0 Å². The third-order valence-corrected chi connectivity index (χ3v) is 10.6. The van der Waals surface area contributed by atoms with Gasteiger partial charge in [-0.05, 0) is 0 Å². The topological polar surface area (TPSA) is 0 Å². The quantitative estimate of drug-likeness (QED) is 0.623. The zero-order valence-corrected chi connectivity index (χ0v) is 15.2. The Morgan fingerprint density at radius 3 is 0.957 bits per heavy atom. The van der Waals surface area contributed by atoms with Gasteiger partial charge in [0.2, 0.25) is 0 Å². The van der Waals surface area contributed by atoms with Gasteiger partial charge in [-0.15, -0.1) is 0 Å². The summed E-state index contributed by atoms with van der Waals surface area (Å²) < 4.78 is 0. The average Bonchev–Trinajstić information content (AvgIpc) is 2.57. The molecule has 0 fully saturated rings. The average molecular weight is 320 g/mol. The first-order valence-electron chi connectivity index (χ1n) is 8.23. The van der Waals surface area contributed by atoms with Gasteiger partial charge >= 0.3 is 140 Å². The van der Waals surface area contributed by atoms with E-state index in [0.717, 1.165) is 0 Å². The summed E-state index contributed by atoms with van der Waals surface area (Å²) in [6.45, 7) is 7.19. The molecule has 3 rings (SSSR count). The van der Waals surface area contributed by atoms with E-state index in [9.17, 15) is 0 Å². The van der Waals surface area contributed by atoms with E-state index < -0.39 is 7.26 Å². The van der Waals surface area contributed by atoms with Crippen LogP contribution >= 0.6 is 7.26 Å². The fraction of sp³-hybridized carbons (Fsp3) is 0.182. The Morgan fingerprint density at radius 2 is 0.739 bits per heavy atom. The minimum absolute atomic E-state index is 0.164. The predicted octanol–water partition coefficient (Wildman–Crippen LogP) is 4.51. The van der Waals surface area contributed by atoms with E-state index in [2.05, 4.69) is 112 Å². The number of hydrogen-bond donors (Lipinski definition) is 0. The van der Waals surface area contributed by atoms with Crippen molar-refractivity contribution in [2.75, 3.05) is 0 Å². The molecule has 0 heterocycles. The summed E-state index contributed by atoms with van der Waals surface area (Å²) in [5.74, 6) is 0. The molecule has 0 saturated heterocycles. The first-order chi connectivity index (χ1) is 11.1. The molecule has 23 heavy (non-hydrogen) atoms. The van der Waals surface area contributed by atoms with Crippen molar-refractivity contribution in [1.82, 2.24) is 0 Å². The van der Waals surface area contributed by atoms with Gasteiger partial charge in [-0.2, -0.15) is 0 Å². The molecule has 0 aliphatic heterocycles. The van der Waals surface area contributed by atoms with Gasteiger partial charge in [-0.1, -0.05) is 0 Å². The number of hydrogen-bond acceptors (Lipinski definition) is 0. The Labute approximate surface area is 140 Å².